The lowest BCUT2D eigenvalue weighted by Crippen LogP contribution is -2.56. The highest BCUT2D eigenvalue weighted by Crippen LogP contribution is 2.40. The number of amides is 2. The maximum atomic E-state index is 13.1. The van der Waals surface area contributed by atoms with Crippen LogP contribution < -0.4 is 9.80 Å². The molecule has 1 N–H and O–H groups in total. The molecule has 0 spiro atoms. The molecule has 2 amide bonds. The monoisotopic (exact) mass is 497 g/mol. The van der Waals surface area contributed by atoms with E-state index >= 15 is 0 Å². The number of ether oxygens (including phenoxy) is 1. The van der Waals surface area contributed by atoms with Crippen LogP contribution in [0.4, 0.5) is 15.6 Å². The maximum absolute atomic E-state index is 13.1. The summed E-state index contributed by atoms with van der Waals surface area (Å²) in [5.41, 5.74) is 2.58. The van der Waals surface area contributed by atoms with Gasteiger partial charge in [-0.3, -0.25) is 9.80 Å². The first-order chi connectivity index (χ1) is 16.7. The smallest absolute Gasteiger partial charge is 0.328 e. The Hall–Kier alpha value is -2.86. The molecule has 186 valence electrons. The predicted octanol–water partition coefficient (Wildman–Crippen LogP) is 2.93. The number of carbonyl (C=O) groups is 1. The van der Waals surface area contributed by atoms with Crippen LogP contribution in [-0.4, -0.2) is 89.1 Å². The van der Waals surface area contributed by atoms with E-state index in [-0.39, 0.29) is 6.03 Å². The van der Waals surface area contributed by atoms with E-state index in [0.717, 1.165) is 40.1 Å². The van der Waals surface area contributed by atoms with E-state index in [2.05, 4.69) is 25.8 Å². The van der Waals surface area contributed by atoms with Crippen LogP contribution in [0, 0.1) is 0 Å². The topological polar surface area (TPSA) is 98.2 Å². The highest BCUT2D eigenvalue weighted by molar-refractivity contribution is 7.23. The standard InChI is InChI=1S/C24H31N7O3S/c1-5-29-14-28(4)15-31(23(29)32)22-27-18-10-16(17-12-25-21(26-13-17)24(2,3)33)11-19(20(18)35-22)30-6-8-34-9-7-30/h10-13,33H,5-9,14-15H2,1-4H3. The fourth-order valence-corrected chi connectivity index (χ4v) is 5.44. The van der Waals surface area contributed by atoms with Crippen LogP contribution in [0.2, 0.25) is 0 Å². The van der Waals surface area contributed by atoms with Crippen LogP contribution in [0.3, 0.4) is 0 Å². The summed E-state index contributed by atoms with van der Waals surface area (Å²) in [6.45, 7) is 9.99. The molecule has 0 radical (unpaired) electrons. The Morgan fingerprint density at radius 2 is 1.83 bits per heavy atom. The number of benzene rings is 1. The summed E-state index contributed by atoms with van der Waals surface area (Å²) in [7, 11) is 2.00. The summed E-state index contributed by atoms with van der Waals surface area (Å²) < 4.78 is 6.63. The predicted molar refractivity (Wildman–Crippen MR) is 137 cm³/mol. The van der Waals surface area contributed by atoms with Crippen LogP contribution in [-0.2, 0) is 10.3 Å². The molecule has 2 saturated heterocycles. The number of anilines is 2. The van der Waals surface area contributed by atoms with Gasteiger partial charge >= 0.3 is 6.03 Å². The number of hydrogen-bond acceptors (Lipinski definition) is 9. The second-order valence-electron chi connectivity index (χ2n) is 9.50. The fraction of sp³-hybridized carbons (Fsp3) is 0.500. The molecule has 4 heterocycles. The van der Waals surface area contributed by atoms with Crippen molar-refractivity contribution in [2.45, 2.75) is 26.4 Å². The van der Waals surface area contributed by atoms with Gasteiger partial charge in [-0.25, -0.2) is 19.7 Å². The number of thiazole rings is 1. The van der Waals surface area contributed by atoms with E-state index in [1.54, 1.807) is 42.5 Å². The number of rotatable bonds is 5. The SMILES string of the molecule is CCN1CN(C)CN(c2nc3cc(-c4cnc(C(C)(C)O)nc4)cc(N4CCOCC4)c3s2)C1=O. The molecule has 1 aromatic carbocycles. The third-order valence-corrected chi connectivity index (χ3v) is 7.37. The molecular weight excluding hydrogens is 466 g/mol. The van der Waals surface area contributed by atoms with Crippen molar-refractivity contribution in [1.29, 1.82) is 0 Å². The second kappa shape index (κ2) is 9.30. The molecular formula is C24H31N7O3S. The van der Waals surface area contributed by atoms with Crippen molar-refractivity contribution in [2.24, 2.45) is 0 Å². The van der Waals surface area contributed by atoms with Crippen molar-refractivity contribution in [3.05, 3.63) is 30.4 Å². The molecule has 0 aliphatic carbocycles. The molecule has 2 aromatic heterocycles. The average Bonchev–Trinajstić information content (AvgIpc) is 3.28. The minimum Gasteiger partial charge on any atom is -0.382 e. The zero-order valence-corrected chi connectivity index (χ0v) is 21.4. The summed E-state index contributed by atoms with van der Waals surface area (Å²) in [5, 5.41) is 10.9. The Bertz CT molecular complexity index is 1220. The Labute approximate surface area is 208 Å². The highest BCUT2D eigenvalue weighted by Gasteiger charge is 2.31. The number of hydrogen-bond donors (Lipinski definition) is 1. The number of fused-ring (bicyclic) bond motifs is 1. The van der Waals surface area contributed by atoms with Gasteiger partial charge in [0, 0.05) is 37.6 Å². The number of aromatic nitrogens is 3. The largest absolute Gasteiger partial charge is 0.382 e. The van der Waals surface area contributed by atoms with Crippen molar-refractivity contribution < 1.29 is 14.6 Å². The molecule has 2 aliphatic rings. The van der Waals surface area contributed by atoms with Crippen LogP contribution in [0.1, 0.15) is 26.6 Å². The van der Waals surface area contributed by atoms with Gasteiger partial charge in [0.15, 0.2) is 11.0 Å². The van der Waals surface area contributed by atoms with Crippen LogP contribution in [0.5, 0.6) is 0 Å². The molecule has 2 fully saturated rings. The van der Waals surface area contributed by atoms with Gasteiger partial charge < -0.3 is 19.6 Å². The molecule has 2 aliphatic heterocycles. The fourth-order valence-electron chi connectivity index (χ4n) is 4.36. The summed E-state index contributed by atoms with van der Waals surface area (Å²) in [4.78, 5) is 34.8. The van der Waals surface area contributed by atoms with E-state index in [1.165, 1.54) is 0 Å². The third kappa shape index (κ3) is 4.68. The zero-order valence-electron chi connectivity index (χ0n) is 20.6. The van der Waals surface area contributed by atoms with Gasteiger partial charge in [-0.1, -0.05) is 11.3 Å². The first kappa shape index (κ1) is 23.9. The molecule has 0 bridgehead atoms. The molecule has 5 rings (SSSR count). The Balaban J connectivity index is 1.59. The summed E-state index contributed by atoms with van der Waals surface area (Å²) in [6, 6.07) is 4.14. The van der Waals surface area contributed by atoms with Crippen LogP contribution >= 0.6 is 11.3 Å². The molecule has 35 heavy (non-hydrogen) atoms. The Morgan fingerprint density at radius 1 is 1.11 bits per heavy atom. The maximum Gasteiger partial charge on any atom is 0.328 e. The first-order valence-corrected chi connectivity index (χ1v) is 12.6. The number of urea groups is 1. The van der Waals surface area contributed by atoms with Crippen molar-refractivity contribution in [1.82, 2.24) is 24.8 Å². The Kier molecular flexibility index (Phi) is 6.34. The molecule has 10 nitrogen and oxygen atoms in total. The lowest BCUT2D eigenvalue weighted by atomic mass is 10.1. The van der Waals surface area contributed by atoms with Gasteiger partial charge in [-0.15, -0.1) is 0 Å². The molecule has 3 aromatic rings. The van der Waals surface area contributed by atoms with Gasteiger partial charge in [0.2, 0.25) is 0 Å². The van der Waals surface area contributed by atoms with Gasteiger partial charge in [0.1, 0.15) is 5.60 Å². The van der Waals surface area contributed by atoms with Crippen LogP contribution in [0.15, 0.2) is 24.5 Å². The highest BCUT2D eigenvalue weighted by atomic mass is 32.1. The minimum atomic E-state index is -1.11. The molecule has 0 saturated carbocycles. The van der Waals surface area contributed by atoms with E-state index in [1.807, 2.05) is 24.9 Å². The molecule has 0 unspecified atom stereocenters. The normalized spacial score (nSPS) is 18.1. The Morgan fingerprint density at radius 3 is 2.49 bits per heavy atom. The van der Waals surface area contributed by atoms with E-state index < -0.39 is 5.60 Å². The van der Waals surface area contributed by atoms with Crippen molar-refractivity contribution in [3.63, 3.8) is 0 Å². The van der Waals surface area contributed by atoms with Crippen molar-refractivity contribution in [2.75, 3.05) is 63.0 Å². The summed E-state index contributed by atoms with van der Waals surface area (Å²) in [5.74, 6) is 0.375. The zero-order chi connectivity index (χ0) is 24.7. The van der Waals surface area contributed by atoms with Crippen molar-refractivity contribution in [3.8, 4) is 11.1 Å². The third-order valence-electron chi connectivity index (χ3n) is 6.25. The quantitative estimate of drug-likeness (QED) is 0.575. The first-order valence-electron chi connectivity index (χ1n) is 11.8. The van der Waals surface area contributed by atoms with Gasteiger partial charge in [0.05, 0.1) is 42.5 Å². The summed E-state index contributed by atoms with van der Waals surface area (Å²) >= 11 is 1.55. The van der Waals surface area contributed by atoms with Gasteiger partial charge in [-0.05, 0) is 45.5 Å². The van der Waals surface area contributed by atoms with Crippen molar-refractivity contribution >= 4 is 38.4 Å². The second-order valence-corrected chi connectivity index (χ2v) is 10.5. The lowest BCUT2D eigenvalue weighted by Gasteiger charge is -2.38. The average molecular weight is 498 g/mol. The van der Waals surface area contributed by atoms with E-state index in [0.29, 0.717) is 44.1 Å². The minimum absolute atomic E-state index is 0.0200. The van der Waals surface area contributed by atoms with E-state index in [9.17, 15) is 9.90 Å². The lowest BCUT2D eigenvalue weighted by molar-refractivity contribution is 0.0687. The van der Waals surface area contributed by atoms with Crippen LogP contribution in [0.25, 0.3) is 21.3 Å². The van der Waals surface area contributed by atoms with E-state index in [4.69, 9.17) is 9.72 Å². The number of carbonyl (C=O) groups excluding carboxylic acids is 1. The van der Waals surface area contributed by atoms with Gasteiger partial charge in [-0.2, -0.15) is 0 Å². The number of morpholine rings is 1. The number of nitrogens with zero attached hydrogens (tertiary/aromatic N) is 7. The molecule has 11 heteroatoms. The molecule has 0 atom stereocenters. The summed E-state index contributed by atoms with van der Waals surface area (Å²) in [6.07, 6.45) is 3.47. The number of aliphatic hydroxyl groups is 1. The van der Waals surface area contributed by atoms with Gasteiger partial charge in [0.25, 0.3) is 0 Å².